The smallest absolute Gasteiger partial charge is 0.256 e. The molecule has 2 heterocycles. The van der Waals surface area contributed by atoms with Crippen LogP contribution in [0, 0.1) is 20.3 Å². The third kappa shape index (κ3) is 3.52. The molecule has 208 valence electrons. The van der Waals surface area contributed by atoms with Gasteiger partial charge in [-0.1, -0.05) is 68.4 Å². The maximum absolute atomic E-state index is 15.4. The molecule has 0 N–H and O–H groups in total. The largest absolute Gasteiger partial charge is 0.296 e. The zero-order valence-electron chi connectivity index (χ0n) is 22.5. The predicted octanol–water partition coefficient (Wildman–Crippen LogP) is 5.31. The second-order valence-electron chi connectivity index (χ2n) is 12.3. The van der Waals surface area contributed by atoms with Crippen LogP contribution in [0.5, 0.6) is 0 Å². The lowest BCUT2D eigenvalue weighted by Gasteiger charge is -2.37. The van der Waals surface area contributed by atoms with Crippen molar-refractivity contribution in [1.82, 2.24) is 8.98 Å². The number of rotatable bonds is 5. The number of hydrogen-bond acceptors (Lipinski definition) is 4. The zero-order chi connectivity index (χ0) is 28.1. The van der Waals surface area contributed by atoms with Gasteiger partial charge in [0.05, 0.1) is 17.8 Å². The first kappa shape index (κ1) is 26.9. The Balaban J connectivity index is 1.37. The van der Waals surface area contributed by atoms with Crippen LogP contribution in [-0.4, -0.2) is 41.1 Å². The summed E-state index contributed by atoms with van der Waals surface area (Å²) in [4.78, 5) is 14.6. The Kier molecular flexibility index (Phi) is 6.04. The van der Waals surface area contributed by atoms with Gasteiger partial charge in [0, 0.05) is 19.6 Å². The third-order valence-electron chi connectivity index (χ3n) is 10.4. The predicted molar refractivity (Wildman–Crippen MR) is 165 cm³/mol. The summed E-state index contributed by atoms with van der Waals surface area (Å²) >= 11 is 2.26. The lowest BCUT2D eigenvalue weighted by Crippen LogP contribution is -2.46. The van der Waals surface area contributed by atoms with Gasteiger partial charge in [0.1, 0.15) is 6.04 Å². The van der Waals surface area contributed by atoms with Gasteiger partial charge < -0.3 is 0 Å². The Labute approximate surface area is 249 Å². The van der Waals surface area contributed by atoms with Gasteiger partial charge in [-0.3, -0.25) is 9.36 Å². The highest BCUT2D eigenvalue weighted by molar-refractivity contribution is 14.1. The van der Waals surface area contributed by atoms with Gasteiger partial charge in [-0.25, -0.2) is 17.4 Å². The summed E-state index contributed by atoms with van der Waals surface area (Å²) in [5.74, 6) is 0.000953. The van der Waals surface area contributed by atoms with Crippen molar-refractivity contribution in [1.29, 1.82) is 0 Å². The fourth-order valence-electron chi connectivity index (χ4n) is 8.23. The second-order valence-corrected chi connectivity index (χ2v) is 17.9. The van der Waals surface area contributed by atoms with Crippen molar-refractivity contribution in [3.8, 4) is 0 Å². The molecule has 2 bridgehead atoms. The van der Waals surface area contributed by atoms with Gasteiger partial charge in [-0.05, 0) is 89.1 Å². The van der Waals surface area contributed by atoms with Crippen molar-refractivity contribution in [3.05, 3.63) is 94.1 Å². The summed E-state index contributed by atoms with van der Waals surface area (Å²) in [6, 6.07) is 24.7. The molecule has 3 aromatic rings. The van der Waals surface area contributed by atoms with E-state index in [1.807, 2.05) is 89.6 Å². The summed E-state index contributed by atoms with van der Waals surface area (Å²) in [6.07, 6.45) is 2.56. The normalized spacial score (nSPS) is 33.1. The van der Waals surface area contributed by atoms with Crippen molar-refractivity contribution in [2.24, 2.45) is 16.7 Å². The first-order chi connectivity index (χ1) is 19.0. The quantitative estimate of drug-likeness (QED) is 0.207. The number of amides is 1. The molecule has 0 radical (unpaired) electrons. The topological polar surface area (TPSA) is 74.5 Å². The van der Waals surface area contributed by atoms with E-state index >= 15 is 4.57 Å². The Hall–Kier alpha value is -2.00. The average molecular weight is 687 g/mol. The Morgan fingerprint density at radius 2 is 1.50 bits per heavy atom. The van der Waals surface area contributed by atoms with Crippen LogP contribution in [0.25, 0.3) is 0 Å². The molecule has 4 fully saturated rings. The standard InChI is InChI=1S/C31H32IN2O4PS/c1-30(2)21-17-18-31(30)20-40(37,38)34(26(31)19-21)29(35)28-27(24-15-9-10-16-25(24)32)33(28)39(36,22-11-5-3-6-12-22)23-13-7-4-8-14-23/h3-16,21,26-28H,17-20H2,1-2H3/t21-,26+,27+,28-,31-,33?/m1/s1. The van der Waals surface area contributed by atoms with E-state index in [1.54, 1.807) is 0 Å². The van der Waals surface area contributed by atoms with Crippen LogP contribution in [-0.2, 0) is 19.4 Å². The number of nitrogens with zero attached hydrogens (tertiary/aromatic N) is 2. The minimum Gasteiger partial charge on any atom is -0.296 e. The van der Waals surface area contributed by atoms with E-state index in [0.29, 0.717) is 22.9 Å². The highest BCUT2D eigenvalue weighted by Gasteiger charge is 2.74. The molecule has 2 saturated carbocycles. The number of hydrogen-bond donors (Lipinski definition) is 0. The van der Waals surface area contributed by atoms with Crippen LogP contribution in [0.3, 0.4) is 0 Å². The van der Waals surface area contributed by atoms with Crippen LogP contribution >= 0.6 is 29.9 Å². The molecule has 2 aliphatic heterocycles. The first-order valence-electron chi connectivity index (χ1n) is 13.8. The number of sulfonamides is 1. The summed E-state index contributed by atoms with van der Waals surface area (Å²) in [5, 5.41) is 1.27. The van der Waals surface area contributed by atoms with Crippen LogP contribution in [0.2, 0.25) is 0 Å². The van der Waals surface area contributed by atoms with Gasteiger partial charge in [-0.2, -0.15) is 0 Å². The SMILES string of the molecule is CC1(C)[C@@H]2CC[C@]13CS(=O)(=O)N(C(=O)[C@H]1[C@H](c4ccccc4I)N1P(=O)(c1ccccc1)c1ccccc1)[C@H]3C2. The van der Waals surface area contributed by atoms with Crippen molar-refractivity contribution in [3.63, 3.8) is 0 Å². The Morgan fingerprint density at radius 3 is 2.08 bits per heavy atom. The fourth-order valence-corrected chi connectivity index (χ4v) is 14.6. The van der Waals surface area contributed by atoms with Crippen LogP contribution in [0.1, 0.15) is 44.7 Å². The maximum atomic E-state index is 15.4. The van der Waals surface area contributed by atoms with E-state index in [2.05, 4.69) is 36.4 Å². The number of carbonyl (C=O) groups is 1. The average Bonchev–Trinajstić information content (AvgIpc) is 3.52. The Morgan fingerprint density at radius 1 is 0.925 bits per heavy atom. The molecule has 4 aliphatic rings. The van der Waals surface area contributed by atoms with Gasteiger partial charge in [0.15, 0.2) is 0 Å². The van der Waals surface area contributed by atoms with Crippen LogP contribution < -0.4 is 10.6 Å². The van der Waals surface area contributed by atoms with Crippen molar-refractivity contribution < 1.29 is 17.8 Å². The lowest BCUT2D eigenvalue weighted by molar-refractivity contribution is -0.129. The molecule has 1 unspecified atom stereocenters. The lowest BCUT2D eigenvalue weighted by atomic mass is 9.69. The van der Waals surface area contributed by atoms with Gasteiger partial charge in [0.25, 0.3) is 5.91 Å². The molecule has 2 saturated heterocycles. The van der Waals surface area contributed by atoms with Gasteiger partial charge in [0.2, 0.25) is 17.3 Å². The molecule has 3 aromatic carbocycles. The Bertz CT molecular complexity index is 1620. The molecule has 6 atom stereocenters. The van der Waals surface area contributed by atoms with Crippen LogP contribution in [0.15, 0.2) is 84.9 Å². The van der Waals surface area contributed by atoms with Crippen molar-refractivity contribution in [2.75, 3.05) is 5.75 Å². The minimum absolute atomic E-state index is 0.0230. The van der Waals surface area contributed by atoms with E-state index in [1.165, 1.54) is 4.31 Å². The summed E-state index contributed by atoms with van der Waals surface area (Å²) in [5.41, 5.74) is 0.346. The molecule has 9 heteroatoms. The van der Waals surface area contributed by atoms with E-state index in [4.69, 9.17) is 0 Å². The zero-order valence-corrected chi connectivity index (χ0v) is 26.4. The van der Waals surface area contributed by atoms with Crippen molar-refractivity contribution in [2.45, 2.75) is 51.2 Å². The molecule has 7 rings (SSSR count). The minimum atomic E-state index is -3.81. The van der Waals surface area contributed by atoms with Crippen LogP contribution in [0.4, 0.5) is 0 Å². The molecule has 1 amide bonds. The number of halogens is 1. The second kappa shape index (κ2) is 9.00. The number of benzene rings is 3. The van der Waals surface area contributed by atoms with E-state index in [-0.39, 0.29) is 17.2 Å². The van der Waals surface area contributed by atoms with E-state index in [9.17, 15) is 13.2 Å². The summed E-state index contributed by atoms with van der Waals surface area (Å²) in [6.45, 7) is 4.37. The van der Waals surface area contributed by atoms with E-state index in [0.717, 1.165) is 22.0 Å². The molecule has 2 aliphatic carbocycles. The van der Waals surface area contributed by atoms with E-state index < -0.39 is 40.7 Å². The molecule has 40 heavy (non-hydrogen) atoms. The first-order valence-corrected chi connectivity index (χ1v) is 18.2. The van der Waals surface area contributed by atoms with Crippen molar-refractivity contribution >= 4 is 56.4 Å². The maximum Gasteiger partial charge on any atom is 0.256 e. The monoisotopic (exact) mass is 686 g/mol. The molecular formula is C31H32IN2O4PS. The number of carbonyl (C=O) groups excluding carboxylic acids is 1. The molecule has 0 aromatic heterocycles. The van der Waals surface area contributed by atoms with Gasteiger partial charge >= 0.3 is 0 Å². The summed E-state index contributed by atoms with van der Waals surface area (Å²) < 4.78 is 47.1. The molecule has 6 nitrogen and oxygen atoms in total. The highest BCUT2D eigenvalue weighted by Crippen LogP contribution is 2.71. The fraction of sp³-hybridized carbons (Fsp3) is 0.387. The third-order valence-corrected chi connectivity index (χ3v) is 16.5. The summed E-state index contributed by atoms with van der Waals surface area (Å²) in [7, 11) is -7.31. The van der Waals surface area contributed by atoms with Gasteiger partial charge in [-0.15, -0.1) is 0 Å². The molecular weight excluding hydrogens is 654 g/mol. The highest BCUT2D eigenvalue weighted by atomic mass is 127. The molecule has 1 spiro atoms. The number of fused-ring (bicyclic) bond motifs is 1.